The normalized spacial score (nSPS) is 27.2. The Morgan fingerprint density at radius 3 is 2.62 bits per heavy atom. The summed E-state index contributed by atoms with van der Waals surface area (Å²) >= 11 is 0. The Balaban J connectivity index is 1.47. The molecule has 1 saturated carbocycles. The summed E-state index contributed by atoms with van der Waals surface area (Å²) in [5.41, 5.74) is 0.706. The molecule has 172 valence electrons. The summed E-state index contributed by atoms with van der Waals surface area (Å²) in [6.07, 6.45) is 9.97. The van der Waals surface area contributed by atoms with Crippen molar-refractivity contribution in [2.24, 2.45) is 0 Å². The van der Waals surface area contributed by atoms with E-state index >= 15 is 0 Å². The van der Waals surface area contributed by atoms with Crippen LogP contribution in [-0.2, 0) is 16.1 Å². The number of ether oxygens (including phenoxy) is 1. The molecule has 0 bridgehead atoms. The number of nitrogens with one attached hydrogen (secondary N) is 1. The van der Waals surface area contributed by atoms with Crippen molar-refractivity contribution in [3.8, 4) is 0 Å². The maximum atomic E-state index is 13.8. The Morgan fingerprint density at radius 2 is 1.88 bits per heavy atom. The fourth-order valence-corrected chi connectivity index (χ4v) is 5.55. The molecule has 1 aromatic carbocycles. The molecule has 3 heterocycles. The minimum Gasteiger partial charge on any atom is -0.376 e. The number of hydrogen-bond acceptors (Lipinski definition) is 4. The molecule has 2 amide bonds. The van der Waals surface area contributed by atoms with E-state index in [0.29, 0.717) is 18.9 Å². The average Bonchev–Trinajstić information content (AvgIpc) is 3.41. The number of carbonyl (C=O) groups excluding carboxylic acids is 2. The molecule has 1 N–H and O–H groups in total. The van der Waals surface area contributed by atoms with Gasteiger partial charge in [0, 0.05) is 19.2 Å². The molecule has 7 nitrogen and oxygen atoms in total. The van der Waals surface area contributed by atoms with Crippen molar-refractivity contribution >= 4 is 22.8 Å². The van der Waals surface area contributed by atoms with E-state index in [1.165, 1.54) is 19.3 Å². The molecular weight excluding hydrogens is 404 g/mol. The van der Waals surface area contributed by atoms with Crippen molar-refractivity contribution in [1.29, 1.82) is 0 Å². The van der Waals surface area contributed by atoms with Crippen molar-refractivity contribution < 1.29 is 14.3 Å². The summed E-state index contributed by atoms with van der Waals surface area (Å²) in [6.45, 7) is 3.46. The zero-order valence-electron chi connectivity index (χ0n) is 19.0. The molecule has 1 aromatic heterocycles. The number of aromatic nitrogens is 2. The lowest BCUT2D eigenvalue weighted by Gasteiger charge is -2.45. The van der Waals surface area contributed by atoms with Gasteiger partial charge >= 0.3 is 0 Å². The SMILES string of the molecule is C[C@@]1(C(=O)NC2CCCCCCC2)Cn2c(nc3ccccc32)C(=O)N1C[C@H]1CCCO1. The summed E-state index contributed by atoms with van der Waals surface area (Å²) in [7, 11) is 0. The van der Waals surface area contributed by atoms with Crippen LogP contribution in [0.2, 0.25) is 0 Å². The van der Waals surface area contributed by atoms with Gasteiger partial charge in [-0.1, -0.05) is 44.2 Å². The van der Waals surface area contributed by atoms with Gasteiger partial charge in [-0.05, 0) is 44.7 Å². The van der Waals surface area contributed by atoms with E-state index in [9.17, 15) is 9.59 Å². The van der Waals surface area contributed by atoms with Gasteiger partial charge in [-0.3, -0.25) is 9.59 Å². The molecular formula is C25H34N4O3. The van der Waals surface area contributed by atoms with Gasteiger partial charge in [-0.25, -0.2) is 4.98 Å². The Morgan fingerprint density at radius 1 is 1.12 bits per heavy atom. The average molecular weight is 439 g/mol. The van der Waals surface area contributed by atoms with Crippen molar-refractivity contribution in [2.45, 2.75) is 88.9 Å². The van der Waals surface area contributed by atoms with Gasteiger partial charge in [-0.15, -0.1) is 0 Å². The van der Waals surface area contributed by atoms with E-state index in [4.69, 9.17) is 4.74 Å². The van der Waals surface area contributed by atoms with Gasteiger partial charge in [0.15, 0.2) is 5.82 Å². The molecule has 2 fully saturated rings. The number of benzene rings is 1. The smallest absolute Gasteiger partial charge is 0.290 e. The van der Waals surface area contributed by atoms with Crippen molar-refractivity contribution in [3.63, 3.8) is 0 Å². The molecule has 5 rings (SSSR count). The Hall–Kier alpha value is -2.41. The second-order valence-electron chi connectivity index (χ2n) is 9.85. The largest absolute Gasteiger partial charge is 0.376 e. The van der Waals surface area contributed by atoms with Crippen LogP contribution in [0.15, 0.2) is 24.3 Å². The van der Waals surface area contributed by atoms with Crippen LogP contribution in [0.5, 0.6) is 0 Å². The Bertz CT molecular complexity index is 988. The first kappa shape index (κ1) is 21.4. The first-order valence-corrected chi connectivity index (χ1v) is 12.3. The van der Waals surface area contributed by atoms with Crippen LogP contribution in [0.25, 0.3) is 11.0 Å². The molecule has 0 unspecified atom stereocenters. The molecule has 0 spiro atoms. The number of carbonyl (C=O) groups is 2. The van der Waals surface area contributed by atoms with Crippen LogP contribution in [0, 0.1) is 0 Å². The maximum absolute atomic E-state index is 13.8. The van der Waals surface area contributed by atoms with E-state index in [1.807, 2.05) is 35.8 Å². The summed E-state index contributed by atoms with van der Waals surface area (Å²) < 4.78 is 7.78. The molecule has 0 radical (unpaired) electrons. The topological polar surface area (TPSA) is 76.5 Å². The van der Waals surface area contributed by atoms with E-state index in [1.54, 1.807) is 4.90 Å². The molecule has 2 atom stereocenters. The number of imidazole rings is 1. The second kappa shape index (κ2) is 8.85. The van der Waals surface area contributed by atoms with Gasteiger partial charge in [0.1, 0.15) is 5.54 Å². The maximum Gasteiger partial charge on any atom is 0.290 e. The third kappa shape index (κ3) is 3.91. The molecule has 2 aliphatic heterocycles. The minimum absolute atomic E-state index is 0.0246. The number of fused-ring (bicyclic) bond motifs is 3. The van der Waals surface area contributed by atoms with Crippen molar-refractivity contribution in [2.75, 3.05) is 13.2 Å². The van der Waals surface area contributed by atoms with Crippen LogP contribution in [-0.4, -0.2) is 57.1 Å². The Kier molecular flexibility index (Phi) is 5.93. The van der Waals surface area contributed by atoms with Gasteiger partial charge in [-0.2, -0.15) is 0 Å². The van der Waals surface area contributed by atoms with E-state index in [0.717, 1.165) is 56.2 Å². The first-order valence-electron chi connectivity index (χ1n) is 12.3. The molecule has 32 heavy (non-hydrogen) atoms. The van der Waals surface area contributed by atoms with Crippen molar-refractivity contribution in [1.82, 2.24) is 19.8 Å². The second-order valence-corrected chi connectivity index (χ2v) is 9.85. The standard InChI is InChI=1S/C25H34N4O3/c1-25(24(31)26-18-10-5-3-2-4-6-11-18)17-28-21-14-8-7-13-20(21)27-22(28)23(30)29(25)16-19-12-9-15-32-19/h7-8,13-14,18-19H,2-6,9-12,15-17H2,1H3,(H,26,31)/t19-,25+/m1/s1. The minimum atomic E-state index is -0.984. The summed E-state index contributed by atoms with van der Waals surface area (Å²) in [5.74, 6) is 0.177. The zero-order valence-corrected chi connectivity index (χ0v) is 19.0. The fraction of sp³-hybridized carbons (Fsp3) is 0.640. The third-order valence-corrected chi connectivity index (χ3v) is 7.49. The quantitative estimate of drug-likeness (QED) is 0.790. The van der Waals surface area contributed by atoms with Crippen LogP contribution < -0.4 is 5.32 Å². The zero-order chi connectivity index (χ0) is 22.1. The van der Waals surface area contributed by atoms with Gasteiger partial charge in [0.05, 0.1) is 23.7 Å². The predicted octanol–water partition coefficient (Wildman–Crippen LogP) is 3.66. The van der Waals surface area contributed by atoms with E-state index < -0.39 is 5.54 Å². The van der Waals surface area contributed by atoms with Crippen LogP contribution in [0.4, 0.5) is 0 Å². The van der Waals surface area contributed by atoms with Crippen LogP contribution in [0.3, 0.4) is 0 Å². The summed E-state index contributed by atoms with van der Waals surface area (Å²) in [6, 6.07) is 7.95. The first-order chi connectivity index (χ1) is 15.6. The van der Waals surface area contributed by atoms with E-state index in [2.05, 4.69) is 10.3 Å². The lowest BCUT2D eigenvalue weighted by Crippen LogP contribution is -2.66. The molecule has 1 aliphatic carbocycles. The fourth-order valence-electron chi connectivity index (χ4n) is 5.55. The lowest BCUT2D eigenvalue weighted by molar-refractivity contribution is -0.134. The highest BCUT2D eigenvalue weighted by molar-refractivity contribution is 6.01. The summed E-state index contributed by atoms with van der Waals surface area (Å²) in [4.78, 5) is 33.9. The van der Waals surface area contributed by atoms with Gasteiger partial charge in [0.25, 0.3) is 5.91 Å². The number of nitrogens with zero attached hydrogens (tertiary/aromatic N) is 3. The highest BCUT2D eigenvalue weighted by atomic mass is 16.5. The highest BCUT2D eigenvalue weighted by Crippen LogP contribution is 2.32. The molecule has 3 aliphatic rings. The Labute approximate surface area is 189 Å². The highest BCUT2D eigenvalue weighted by Gasteiger charge is 2.49. The van der Waals surface area contributed by atoms with Gasteiger partial charge < -0.3 is 19.5 Å². The van der Waals surface area contributed by atoms with E-state index in [-0.39, 0.29) is 24.0 Å². The molecule has 2 aromatic rings. The third-order valence-electron chi connectivity index (χ3n) is 7.49. The predicted molar refractivity (Wildman–Crippen MR) is 122 cm³/mol. The van der Waals surface area contributed by atoms with Gasteiger partial charge in [0.2, 0.25) is 5.91 Å². The lowest BCUT2D eigenvalue weighted by atomic mass is 9.92. The molecule has 7 heteroatoms. The van der Waals surface area contributed by atoms with Crippen LogP contribution in [0.1, 0.15) is 75.3 Å². The number of rotatable bonds is 4. The number of para-hydroxylation sites is 2. The monoisotopic (exact) mass is 438 g/mol. The van der Waals surface area contributed by atoms with Crippen molar-refractivity contribution in [3.05, 3.63) is 30.1 Å². The number of hydrogen-bond donors (Lipinski definition) is 1. The summed E-state index contributed by atoms with van der Waals surface area (Å²) in [5, 5.41) is 3.34. The number of amides is 2. The van der Waals surface area contributed by atoms with Crippen LogP contribution >= 0.6 is 0 Å². The molecule has 1 saturated heterocycles.